The van der Waals surface area contributed by atoms with Crippen molar-refractivity contribution in [1.82, 2.24) is 9.55 Å². The van der Waals surface area contributed by atoms with Crippen LogP contribution in [0.2, 0.25) is 0 Å². The zero-order valence-corrected chi connectivity index (χ0v) is 11.1. The Morgan fingerprint density at radius 3 is 2.67 bits per heavy atom. The Balaban J connectivity index is 2.21. The summed E-state index contributed by atoms with van der Waals surface area (Å²) < 4.78 is 2.17. The first-order valence-corrected chi connectivity index (χ1v) is 6.53. The number of hydrogen-bond donors (Lipinski definition) is 1. The van der Waals surface area contributed by atoms with Crippen LogP contribution in [-0.4, -0.2) is 9.55 Å². The zero-order chi connectivity index (χ0) is 13.0. The van der Waals surface area contributed by atoms with Gasteiger partial charge in [-0.05, 0) is 11.5 Å². The fourth-order valence-corrected chi connectivity index (χ4v) is 2.04. The quantitative estimate of drug-likeness (QED) is 0.877. The standard InChI is InChI=1S/C15H21N3/c1-3-12(2)10-18-11-17-9-14(18)15(16)13-7-5-4-6-8-13/h4-9,11-12,15H,3,10,16H2,1-2H3. The molecule has 0 saturated heterocycles. The molecular formula is C15H21N3. The monoisotopic (exact) mass is 243 g/mol. The molecule has 0 bridgehead atoms. The number of nitrogens with two attached hydrogens (primary N) is 1. The third-order valence-corrected chi connectivity index (χ3v) is 3.43. The molecule has 2 unspecified atom stereocenters. The van der Waals surface area contributed by atoms with E-state index < -0.39 is 0 Å². The van der Waals surface area contributed by atoms with Crippen molar-refractivity contribution in [3.63, 3.8) is 0 Å². The minimum atomic E-state index is -0.0993. The van der Waals surface area contributed by atoms with Gasteiger partial charge in [-0.1, -0.05) is 50.6 Å². The molecule has 1 aromatic heterocycles. The predicted octanol–water partition coefficient (Wildman–Crippen LogP) is 2.98. The van der Waals surface area contributed by atoms with Gasteiger partial charge >= 0.3 is 0 Å². The van der Waals surface area contributed by atoms with Crippen molar-refractivity contribution in [3.8, 4) is 0 Å². The smallest absolute Gasteiger partial charge is 0.0948 e. The normalized spacial score (nSPS) is 14.4. The summed E-state index contributed by atoms with van der Waals surface area (Å²) in [5, 5.41) is 0. The number of hydrogen-bond acceptors (Lipinski definition) is 2. The van der Waals surface area contributed by atoms with Crippen molar-refractivity contribution in [2.75, 3.05) is 0 Å². The maximum atomic E-state index is 6.32. The van der Waals surface area contributed by atoms with E-state index in [9.17, 15) is 0 Å². The summed E-state index contributed by atoms with van der Waals surface area (Å²) >= 11 is 0. The van der Waals surface area contributed by atoms with Gasteiger partial charge in [-0.15, -0.1) is 0 Å². The van der Waals surface area contributed by atoms with Crippen LogP contribution in [0.3, 0.4) is 0 Å². The van der Waals surface area contributed by atoms with Crippen LogP contribution in [0, 0.1) is 5.92 Å². The Kier molecular flexibility index (Phi) is 4.15. The average Bonchev–Trinajstić information content (AvgIpc) is 2.86. The summed E-state index contributed by atoms with van der Waals surface area (Å²) in [5.41, 5.74) is 8.53. The Morgan fingerprint density at radius 1 is 1.28 bits per heavy atom. The molecule has 0 aliphatic carbocycles. The van der Waals surface area contributed by atoms with Crippen molar-refractivity contribution in [3.05, 3.63) is 54.1 Å². The van der Waals surface area contributed by atoms with Crippen LogP contribution in [0.5, 0.6) is 0 Å². The third-order valence-electron chi connectivity index (χ3n) is 3.43. The van der Waals surface area contributed by atoms with Gasteiger partial charge in [0, 0.05) is 6.54 Å². The lowest BCUT2D eigenvalue weighted by molar-refractivity contribution is 0.455. The fraction of sp³-hybridized carbons (Fsp3) is 0.400. The predicted molar refractivity (Wildman–Crippen MR) is 74.2 cm³/mol. The van der Waals surface area contributed by atoms with Crippen LogP contribution in [0.25, 0.3) is 0 Å². The highest BCUT2D eigenvalue weighted by Gasteiger charge is 2.14. The maximum Gasteiger partial charge on any atom is 0.0948 e. The topological polar surface area (TPSA) is 43.8 Å². The molecule has 2 atom stereocenters. The lowest BCUT2D eigenvalue weighted by atomic mass is 10.0. The zero-order valence-electron chi connectivity index (χ0n) is 11.1. The molecular weight excluding hydrogens is 222 g/mol. The van der Waals surface area contributed by atoms with Gasteiger partial charge in [-0.25, -0.2) is 4.98 Å². The molecule has 96 valence electrons. The molecule has 3 heteroatoms. The summed E-state index contributed by atoms with van der Waals surface area (Å²) in [7, 11) is 0. The molecule has 1 aromatic carbocycles. The summed E-state index contributed by atoms with van der Waals surface area (Å²) in [5.74, 6) is 0.640. The number of rotatable bonds is 5. The summed E-state index contributed by atoms with van der Waals surface area (Å²) in [6.07, 6.45) is 4.92. The molecule has 0 fully saturated rings. The van der Waals surface area contributed by atoms with Crippen molar-refractivity contribution in [2.24, 2.45) is 11.7 Å². The minimum absolute atomic E-state index is 0.0993. The minimum Gasteiger partial charge on any atom is -0.333 e. The molecule has 0 amide bonds. The van der Waals surface area contributed by atoms with Crippen LogP contribution in [0.1, 0.15) is 37.6 Å². The van der Waals surface area contributed by atoms with Crippen LogP contribution >= 0.6 is 0 Å². The molecule has 2 N–H and O–H groups in total. The molecule has 18 heavy (non-hydrogen) atoms. The van der Waals surface area contributed by atoms with Gasteiger partial charge in [0.05, 0.1) is 24.3 Å². The summed E-state index contributed by atoms with van der Waals surface area (Å²) in [4.78, 5) is 4.24. The van der Waals surface area contributed by atoms with E-state index in [-0.39, 0.29) is 6.04 Å². The van der Waals surface area contributed by atoms with Crippen LogP contribution < -0.4 is 5.73 Å². The van der Waals surface area contributed by atoms with Crippen molar-refractivity contribution >= 4 is 0 Å². The van der Waals surface area contributed by atoms with Gasteiger partial charge in [0.25, 0.3) is 0 Å². The number of aromatic nitrogens is 2. The first-order valence-electron chi connectivity index (χ1n) is 6.53. The Hall–Kier alpha value is -1.61. The molecule has 0 spiro atoms. The lowest BCUT2D eigenvalue weighted by Gasteiger charge is -2.17. The summed E-state index contributed by atoms with van der Waals surface area (Å²) in [6.45, 7) is 5.43. The largest absolute Gasteiger partial charge is 0.333 e. The van der Waals surface area contributed by atoms with E-state index in [2.05, 4.69) is 35.5 Å². The maximum absolute atomic E-state index is 6.32. The van der Waals surface area contributed by atoms with E-state index in [0.717, 1.165) is 24.2 Å². The van der Waals surface area contributed by atoms with Gasteiger partial charge in [-0.2, -0.15) is 0 Å². The van der Waals surface area contributed by atoms with E-state index >= 15 is 0 Å². The van der Waals surface area contributed by atoms with Gasteiger partial charge in [-0.3, -0.25) is 0 Å². The second-order valence-electron chi connectivity index (χ2n) is 4.87. The average molecular weight is 243 g/mol. The van der Waals surface area contributed by atoms with E-state index in [1.807, 2.05) is 30.7 Å². The van der Waals surface area contributed by atoms with Crippen LogP contribution in [0.15, 0.2) is 42.9 Å². The van der Waals surface area contributed by atoms with Crippen molar-refractivity contribution in [1.29, 1.82) is 0 Å². The highest BCUT2D eigenvalue weighted by Crippen LogP contribution is 2.20. The molecule has 2 aromatic rings. The van der Waals surface area contributed by atoms with E-state index in [1.165, 1.54) is 0 Å². The molecule has 0 aliphatic heterocycles. The second kappa shape index (κ2) is 5.83. The highest BCUT2D eigenvalue weighted by atomic mass is 15.1. The SMILES string of the molecule is CCC(C)Cn1cncc1C(N)c1ccccc1. The van der Waals surface area contributed by atoms with Gasteiger partial charge in [0.15, 0.2) is 0 Å². The third kappa shape index (κ3) is 2.79. The molecule has 2 rings (SSSR count). The first-order chi connectivity index (χ1) is 8.72. The molecule has 3 nitrogen and oxygen atoms in total. The first kappa shape index (κ1) is 12.8. The second-order valence-corrected chi connectivity index (χ2v) is 4.87. The van der Waals surface area contributed by atoms with Gasteiger partial charge in [0.1, 0.15) is 0 Å². The molecule has 0 aliphatic rings. The fourth-order valence-electron chi connectivity index (χ4n) is 2.04. The van der Waals surface area contributed by atoms with E-state index in [4.69, 9.17) is 5.73 Å². The molecule has 0 radical (unpaired) electrons. The summed E-state index contributed by atoms with van der Waals surface area (Å²) in [6, 6.07) is 10.1. The number of imidazole rings is 1. The van der Waals surface area contributed by atoms with Crippen molar-refractivity contribution < 1.29 is 0 Å². The Labute approximate surface area is 109 Å². The van der Waals surface area contributed by atoms with Gasteiger partial charge in [0.2, 0.25) is 0 Å². The molecule has 0 saturated carbocycles. The number of nitrogens with zero attached hydrogens (tertiary/aromatic N) is 2. The van der Waals surface area contributed by atoms with E-state index in [0.29, 0.717) is 5.92 Å². The van der Waals surface area contributed by atoms with Crippen LogP contribution in [-0.2, 0) is 6.54 Å². The number of benzene rings is 1. The van der Waals surface area contributed by atoms with Crippen molar-refractivity contribution in [2.45, 2.75) is 32.9 Å². The van der Waals surface area contributed by atoms with Gasteiger partial charge < -0.3 is 10.3 Å². The van der Waals surface area contributed by atoms with Crippen LogP contribution in [0.4, 0.5) is 0 Å². The van der Waals surface area contributed by atoms with E-state index in [1.54, 1.807) is 0 Å². The lowest BCUT2D eigenvalue weighted by Crippen LogP contribution is -2.18. The highest BCUT2D eigenvalue weighted by molar-refractivity contribution is 5.26. The Bertz CT molecular complexity index is 475. The Morgan fingerprint density at radius 2 is 2.00 bits per heavy atom. The molecule has 1 heterocycles.